The number of methoxy groups -OCH3 is 1. The Kier molecular flexibility index (Phi) is 5.66. The fourth-order valence-corrected chi connectivity index (χ4v) is 4.92. The number of ether oxygens (including phenoxy) is 1. The van der Waals surface area contributed by atoms with Crippen LogP contribution in [0.5, 0.6) is 5.75 Å². The maximum Gasteiger partial charge on any atom is 0.158 e. The minimum absolute atomic E-state index is 0. The van der Waals surface area contributed by atoms with Crippen LogP contribution < -0.4 is 9.64 Å². The fraction of sp³-hybridized carbons (Fsp3) is 0.409. The van der Waals surface area contributed by atoms with Crippen molar-refractivity contribution >= 4 is 18.2 Å². The monoisotopic (exact) mass is 426 g/mol. The predicted molar refractivity (Wildman–Crippen MR) is 119 cm³/mol. The van der Waals surface area contributed by atoms with E-state index in [0.717, 1.165) is 42.6 Å². The number of hydrogen-bond donors (Lipinski definition) is 0. The summed E-state index contributed by atoms with van der Waals surface area (Å²) in [6, 6.07) is 11.0. The normalized spacial score (nSPS) is 23.3. The third-order valence-corrected chi connectivity index (χ3v) is 6.26. The third kappa shape index (κ3) is 3.63. The van der Waals surface area contributed by atoms with E-state index in [1.807, 2.05) is 30.1 Å². The summed E-state index contributed by atoms with van der Waals surface area (Å²) in [5, 5.41) is 4.38. The van der Waals surface area contributed by atoms with Gasteiger partial charge in [0, 0.05) is 43.9 Å². The van der Waals surface area contributed by atoms with Crippen LogP contribution in [0.15, 0.2) is 49.1 Å². The lowest BCUT2D eigenvalue weighted by Gasteiger charge is -2.27. The van der Waals surface area contributed by atoms with E-state index in [1.165, 1.54) is 5.56 Å². The van der Waals surface area contributed by atoms with Crippen LogP contribution in [0.1, 0.15) is 17.2 Å². The molecule has 2 aromatic heterocycles. The zero-order valence-corrected chi connectivity index (χ0v) is 18.3. The highest BCUT2D eigenvalue weighted by Gasteiger charge is 2.46. The summed E-state index contributed by atoms with van der Waals surface area (Å²) in [6.45, 7) is 5.16. The Morgan fingerprint density at radius 3 is 2.50 bits per heavy atom. The average Bonchev–Trinajstić information content (AvgIpc) is 3.42. The van der Waals surface area contributed by atoms with Crippen molar-refractivity contribution in [1.29, 1.82) is 0 Å². The van der Waals surface area contributed by atoms with Gasteiger partial charge in [-0.15, -0.1) is 12.4 Å². The van der Waals surface area contributed by atoms with Crippen LogP contribution in [-0.4, -0.2) is 58.4 Å². The second kappa shape index (κ2) is 8.24. The number of aromatic nitrogens is 4. The second-order valence-electron chi connectivity index (χ2n) is 8.18. The lowest BCUT2D eigenvalue weighted by molar-refractivity contribution is 0.279. The molecular formula is C22H27ClN6O. The molecule has 3 aromatic rings. The Labute approximate surface area is 183 Å². The van der Waals surface area contributed by atoms with E-state index in [4.69, 9.17) is 4.74 Å². The number of likely N-dealkylation sites (tertiary alicyclic amines) is 1. The molecule has 2 aliphatic heterocycles. The van der Waals surface area contributed by atoms with Gasteiger partial charge in [0.25, 0.3) is 0 Å². The first-order chi connectivity index (χ1) is 14.1. The molecule has 2 fully saturated rings. The van der Waals surface area contributed by atoms with E-state index < -0.39 is 0 Å². The number of hydrogen-bond acceptors (Lipinski definition) is 6. The van der Waals surface area contributed by atoms with Gasteiger partial charge >= 0.3 is 0 Å². The number of nitrogens with zero attached hydrogens (tertiary/aromatic N) is 6. The van der Waals surface area contributed by atoms with Gasteiger partial charge in [0.1, 0.15) is 17.9 Å². The molecule has 0 aliphatic carbocycles. The molecule has 1 aromatic carbocycles. The lowest BCUT2D eigenvalue weighted by atomic mass is 9.89. The van der Waals surface area contributed by atoms with Gasteiger partial charge in [-0.2, -0.15) is 5.10 Å². The predicted octanol–water partition coefficient (Wildman–Crippen LogP) is 3.14. The number of rotatable bonds is 4. The minimum Gasteiger partial charge on any atom is -0.497 e. The first-order valence-corrected chi connectivity index (χ1v) is 10.0. The highest BCUT2D eigenvalue weighted by Crippen LogP contribution is 2.45. The molecule has 0 amide bonds. The molecule has 4 heterocycles. The summed E-state index contributed by atoms with van der Waals surface area (Å²) in [4.78, 5) is 13.9. The van der Waals surface area contributed by atoms with Crippen molar-refractivity contribution in [2.45, 2.75) is 13.0 Å². The molecule has 0 N–H and O–H groups in total. The van der Waals surface area contributed by atoms with Gasteiger partial charge in [-0.3, -0.25) is 4.90 Å². The van der Waals surface area contributed by atoms with Crippen LogP contribution in [0, 0.1) is 18.8 Å². The molecule has 5 rings (SSSR count). The Morgan fingerprint density at radius 2 is 1.80 bits per heavy atom. The standard InChI is InChI=1S/C22H26N6O.ClH/c1-15-9-25-28(10-15)21-8-20(23-14-24-21)27-12-17-11-26(2)22(19(17)13-27)16-4-6-18(29-3)7-5-16;/h4-10,14,17,19,22H,11-13H2,1-3H3;1H/t17-,19+,22+;/m0./s1. The average molecular weight is 427 g/mol. The minimum atomic E-state index is 0. The van der Waals surface area contributed by atoms with Crippen molar-refractivity contribution < 1.29 is 4.74 Å². The third-order valence-electron chi connectivity index (χ3n) is 6.26. The molecule has 0 radical (unpaired) electrons. The highest BCUT2D eigenvalue weighted by atomic mass is 35.5. The van der Waals surface area contributed by atoms with Crippen molar-refractivity contribution in [3.8, 4) is 11.6 Å². The number of halogens is 1. The van der Waals surface area contributed by atoms with Gasteiger partial charge in [-0.05, 0) is 43.1 Å². The van der Waals surface area contributed by atoms with Crippen molar-refractivity contribution in [3.63, 3.8) is 0 Å². The fourth-order valence-electron chi connectivity index (χ4n) is 4.92. The summed E-state index contributed by atoms with van der Waals surface area (Å²) in [7, 11) is 3.95. The number of fused-ring (bicyclic) bond motifs is 1. The van der Waals surface area contributed by atoms with Gasteiger partial charge in [-0.25, -0.2) is 14.6 Å². The maximum atomic E-state index is 5.33. The lowest BCUT2D eigenvalue weighted by Crippen LogP contribution is -2.29. The molecule has 0 saturated carbocycles. The quantitative estimate of drug-likeness (QED) is 0.638. The molecule has 158 valence electrons. The molecule has 0 spiro atoms. The molecule has 7 nitrogen and oxygen atoms in total. The van der Waals surface area contributed by atoms with Gasteiger partial charge in [-0.1, -0.05) is 12.1 Å². The van der Waals surface area contributed by atoms with Crippen LogP contribution >= 0.6 is 12.4 Å². The number of aryl methyl sites for hydroxylation is 1. The van der Waals surface area contributed by atoms with E-state index in [0.29, 0.717) is 17.9 Å². The van der Waals surface area contributed by atoms with Crippen LogP contribution in [0.3, 0.4) is 0 Å². The van der Waals surface area contributed by atoms with Gasteiger partial charge in [0.05, 0.1) is 13.3 Å². The van der Waals surface area contributed by atoms with Crippen LogP contribution in [0.25, 0.3) is 5.82 Å². The van der Waals surface area contributed by atoms with Gasteiger partial charge < -0.3 is 9.64 Å². The summed E-state index contributed by atoms with van der Waals surface area (Å²) in [5.74, 6) is 3.91. The SMILES string of the molecule is COc1ccc([C@@H]2[C@@H]3CN(c4cc(-n5cc(C)cn5)ncn4)C[C@@H]3CN2C)cc1.Cl. The Balaban J connectivity index is 0.00000218. The molecule has 2 aliphatic rings. The molecule has 2 saturated heterocycles. The summed E-state index contributed by atoms with van der Waals surface area (Å²) in [5.41, 5.74) is 2.48. The van der Waals surface area contributed by atoms with Crippen LogP contribution in [0.2, 0.25) is 0 Å². The van der Waals surface area contributed by atoms with E-state index in [9.17, 15) is 0 Å². The van der Waals surface area contributed by atoms with Crippen LogP contribution in [-0.2, 0) is 0 Å². The molecule has 3 atom stereocenters. The topological polar surface area (TPSA) is 59.3 Å². The van der Waals surface area contributed by atoms with E-state index in [1.54, 1.807) is 13.4 Å². The zero-order valence-electron chi connectivity index (χ0n) is 17.5. The molecule has 0 bridgehead atoms. The summed E-state index contributed by atoms with van der Waals surface area (Å²) >= 11 is 0. The Morgan fingerprint density at radius 1 is 1.03 bits per heavy atom. The van der Waals surface area contributed by atoms with Gasteiger partial charge in [0.2, 0.25) is 0 Å². The number of anilines is 1. The van der Waals surface area contributed by atoms with E-state index in [-0.39, 0.29) is 12.4 Å². The summed E-state index contributed by atoms with van der Waals surface area (Å²) < 4.78 is 7.14. The zero-order chi connectivity index (χ0) is 20.0. The molecule has 8 heteroatoms. The van der Waals surface area contributed by atoms with Crippen molar-refractivity contribution in [1.82, 2.24) is 24.6 Å². The van der Waals surface area contributed by atoms with Crippen molar-refractivity contribution in [2.75, 3.05) is 38.7 Å². The smallest absolute Gasteiger partial charge is 0.158 e. The van der Waals surface area contributed by atoms with E-state index in [2.05, 4.69) is 56.2 Å². The first kappa shape index (κ1) is 20.6. The Hall–Kier alpha value is -2.64. The van der Waals surface area contributed by atoms with Crippen molar-refractivity contribution in [2.24, 2.45) is 11.8 Å². The first-order valence-electron chi connectivity index (χ1n) is 10.0. The molecular weight excluding hydrogens is 400 g/mol. The Bertz CT molecular complexity index is 1010. The molecule has 0 unspecified atom stereocenters. The van der Waals surface area contributed by atoms with Crippen molar-refractivity contribution in [3.05, 3.63) is 60.2 Å². The largest absolute Gasteiger partial charge is 0.497 e. The number of benzene rings is 1. The van der Waals surface area contributed by atoms with E-state index >= 15 is 0 Å². The highest BCUT2D eigenvalue weighted by molar-refractivity contribution is 5.85. The van der Waals surface area contributed by atoms with Crippen LogP contribution in [0.4, 0.5) is 5.82 Å². The molecule has 30 heavy (non-hydrogen) atoms. The maximum absolute atomic E-state index is 5.33. The second-order valence-corrected chi connectivity index (χ2v) is 8.18. The summed E-state index contributed by atoms with van der Waals surface area (Å²) in [6.07, 6.45) is 5.47. The van der Waals surface area contributed by atoms with Gasteiger partial charge in [0.15, 0.2) is 5.82 Å².